The van der Waals surface area contributed by atoms with E-state index < -0.39 is 0 Å². The minimum Gasteiger partial charge on any atom is -0.381 e. The predicted molar refractivity (Wildman–Crippen MR) is 69.1 cm³/mol. The molecular weight excluding hydrogens is 212 g/mol. The fourth-order valence-electron chi connectivity index (χ4n) is 3.32. The highest BCUT2D eigenvalue weighted by Gasteiger charge is 2.37. The first-order valence-corrected chi connectivity index (χ1v) is 7.37. The Labute approximate surface area is 105 Å². The van der Waals surface area contributed by atoms with E-state index in [-0.39, 0.29) is 0 Å². The average Bonchev–Trinajstić information content (AvgIpc) is 3.13. The third-order valence-electron chi connectivity index (χ3n) is 4.90. The first-order chi connectivity index (χ1) is 8.36. The van der Waals surface area contributed by atoms with Gasteiger partial charge in [-0.15, -0.1) is 0 Å². The van der Waals surface area contributed by atoms with E-state index in [1.807, 2.05) is 7.11 Å². The molecule has 2 saturated carbocycles. The number of likely N-dealkylation sites (tertiary alicyclic amines) is 1. The van der Waals surface area contributed by atoms with Crippen molar-refractivity contribution >= 4 is 0 Å². The van der Waals surface area contributed by atoms with Crippen LogP contribution in [0.4, 0.5) is 0 Å². The van der Waals surface area contributed by atoms with Gasteiger partial charge in [-0.2, -0.15) is 0 Å². The van der Waals surface area contributed by atoms with Gasteiger partial charge in [-0.25, -0.2) is 0 Å². The molecule has 0 radical (unpaired) electrons. The Morgan fingerprint density at radius 1 is 1.06 bits per heavy atom. The molecule has 3 nitrogen and oxygen atoms in total. The smallest absolute Gasteiger partial charge is 0.0595 e. The molecule has 0 aromatic rings. The van der Waals surface area contributed by atoms with Crippen LogP contribution in [0.5, 0.6) is 0 Å². The van der Waals surface area contributed by atoms with Crippen LogP contribution in [-0.4, -0.2) is 49.8 Å². The van der Waals surface area contributed by atoms with Crippen molar-refractivity contribution in [2.45, 2.75) is 56.7 Å². The molecule has 3 aliphatic rings. The van der Waals surface area contributed by atoms with Gasteiger partial charge in [-0.1, -0.05) is 0 Å². The van der Waals surface area contributed by atoms with Crippen molar-refractivity contribution in [2.75, 3.05) is 26.7 Å². The molecule has 3 heteroatoms. The first kappa shape index (κ1) is 11.9. The molecule has 2 atom stereocenters. The monoisotopic (exact) mass is 238 g/mol. The lowest BCUT2D eigenvalue weighted by atomic mass is 9.77. The largest absolute Gasteiger partial charge is 0.381 e. The topological polar surface area (TPSA) is 24.5 Å². The zero-order valence-corrected chi connectivity index (χ0v) is 11.0. The van der Waals surface area contributed by atoms with E-state index >= 15 is 0 Å². The van der Waals surface area contributed by atoms with Crippen molar-refractivity contribution in [2.24, 2.45) is 5.92 Å². The number of hydrogen-bond donors (Lipinski definition) is 1. The summed E-state index contributed by atoms with van der Waals surface area (Å²) in [6.07, 6.45) is 8.68. The maximum absolute atomic E-state index is 5.45. The molecule has 0 amide bonds. The summed E-state index contributed by atoms with van der Waals surface area (Å²) in [4.78, 5) is 2.72. The molecule has 0 aromatic carbocycles. The fraction of sp³-hybridized carbons (Fsp3) is 1.00. The molecule has 1 aliphatic heterocycles. The van der Waals surface area contributed by atoms with E-state index in [4.69, 9.17) is 4.74 Å². The Morgan fingerprint density at radius 3 is 2.35 bits per heavy atom. The van der Waals surface area contributed by atoms with E-state index in [1.165, 1.54) is 58.2 Å². The summed E-state index contributed by atoms with van der Waals surface area (Å²) in [5.41, 5.74) is 0. The number of rotatable bonds is 5. The third kappa shape index (κ3) is 2.83. The molecule has 98 valence electrons. The van der Waals surface area contributed by atoms with Gasteiger partial charge in [0.05, 0.1) is 6.10 Å². The SMILES string of the molecule is COC1CCN(C2CCC2CNC2CC2)CC1. The molecule has 0 bridgehead atoms. The van der Waals surface area contributed by atoms with Gasteiger partial charge in [0.1, 0.15) is 0 Å². The number of piperidine rings is 1. The van der Waals surface area contributed by atoms with Crippen LogP contribution in [0, 0.1) is 5.92 Å². The number of hydrogen-bond acceptors (Lipinski definition) is 3. The van der Waals surface area contributed by atoms with Crippen molar-refractivity contribution in [3.05, 3.63) is 0 Å². The molecule has 0 spiro atoms. The molecule has 17 heavy (non-hydrogen) atoms. The summed E-state index contributed by atoms with van der Waals surface area (Å²) in [6, 6.07) is 1.74. The highest BCUT2D eigenvalue weighted by atomic mass is 16.5. The minimum atomic E-state index is 0.523. The lowest BCUT2D eigenvalue weighted by Crippen LogP contribution is -2.53. The maximum atomic E-state index is 5.45. The quantitative estimate of drug-likeness (QED) is 0.788. The van der Waals surface area contributed by atoms with Crippen LogP contribution in [0.15, 0.2) is 0 Å². The first-order valence-electron chi connectivity index (χ1n) is 7.37. The molecule has 3 fully saturated rings. The summed E-state index contributed by atoms with van der Waals surface area (Å²) in [5, 5.41) is 3.70. The van der Waals surface area contributed by atoms with Gasteiger partial charge >= 0.3 is 0 Å². The second kappa shape index (κ2) is 5.25. The van der Waals surface area contributed by atoms with Gasteiger partial charge in [0, 0.05) is 32.3 Å². The van der Waals surface area contributed by atoms with Gasteiger partial charge < -0.3 is 10.1 Å². The second-order valence-corrected chi connectivity index (χ2v) is 6.06. The zero-order valence-electron chi connectivity index (χ0n) is 11.0. The van der Waals surface area contributed by atoms with Crippen LogP contribution in [0.25, 0.3) is 0 Å². The van der Waals surface area contributed by atoms with Crippen molar-refractivity contribution < 1.29 is 4.74 Å². The molecule has 1 N–H and O–H groups in total. The van der Waals surface area contributed by atoms with E-state index in [0.717, 1.165) is 18.0 Å². The average molecular weight is 238 g/mol. The van der Waals surface area contributed by atoms with Crippen molar-refractivity contribution in [3.8, 4) is 0 Å². The van der Waals surface area contributed by atoms with Crippen LogP contribution >= 0.6 is 0 Å². The van der Waals surface area contributed by atoms with Crippen LogP contribution in [0.2, 0.25) is 0 Å². The Hall–Kier alpha value is -0.120. The molecule has 0 aromatic heterocycles. The van der Waals surface area contributed by atoms with Crippen molar-refractivity contribution in [1.82, 2.24) is 10.2 Å². The highest BCUT2D eigenvalue weighted by molar-refractivity contribution is 4.93. The van der Waals surface area contributed by atoms with Crippen molar-refractivity contribution in [1.29, 1.82) is 0 Å². The lowest BCUT2D eigenvalue weighted by Gasteiger charge is -2.47. The summed E-state index contributed by atoms with van der Waals surface area (Å²) in [6.45, 7) is 3.77. The van der Waals surface area contributed by atoms with E-state index in [1.54, 1.807) is 0 Å². The van der Waals surface area contributed by atoms with Gasteiger partial charge in [0.25, 0.3) is 0 Å². The van der Waals surface area contributed by atoms with Gasteiger partial charge in [-0.05, 0) is 51.0 Å². The van der Waals surface area contributed by atoms with E-state index in [9.17, 15) is 0 Å². The van der Waals surface area contributed by atoms with Crippen LogP contribution in [-0.2, 0) is 4.74 Å². The Balaban J connectivity index is 1.41. The van der Waals surface area contributed by atoms with Crippen LogP contribution in [0.1, 0.15) is 38.5 Å². The summed E-state index contributed by atoms with van der Waals surface area (Å²) in [5.74, 6) is 0.926. The van der Waals surface area contributed by atoms with Gasteiger partial charge in [0.15, 0.2) is 0 Å². The summed E-state index contributed by atoms with van der Waals surface area (Å²) < 4.78 is 5.45. The van der Waals surface area contributed by atoms with Crippen molar-refractivity contribution in [3.63, 3.8) is 0 Å². The van der Waals surface area contributed by atoms with Gasteiger partial charge in [-0.3, -0.25) is 4.90 Å². The molecule has 2 aliphatic carbocycles. The molecule has 1 saturated heterocycles. The number of nitrogens with one attached hydrogen (secondary N) is 1. The minimum absolute atomic E-state index is 0.523. The summed E-state index contributed by atoms with van der Waals surface area (Å²) >= 11 is 0. The van der Waals surface area contributed by atoms with Crippen LogP contribution in [0.3, 0.4) is 0 Å². The summed E-state index contributed by atoms with van der Waals surface area (Å²) in [7, 11) is 1.85. The van der Waals surface area contributed by atoms with Crippen LogP contribution < -0.4 is 5.32 Å². The molecule has 1 heterocycles. The second-order valence-electron chi connectivity index (χ2n) is 6.06. The molecule has 3 rings (SSSR count). The Kier molecular flexibility index (Phi) is 3.69. The standard InChI is InChI=1S/C14H26N2O/c1-17-13-6-8-16(9-7-13)14-5-2-11(14)10-15-12-3-4-12/h11-15H,2-10H2,1H3. The number of methoxy groups -OCH3 is 1. The Morgan fingerprint density at radius 2 is 1.82 bits per heavy atom. The van der Waals surface area contributed by atoms with Gasteiger partial charge in [0.2, 0.25) is 0 Å². The highest BCUT2D eigenvalue weighted by Crippen LogP contribution is 2.34. The molecule has 2 unspecified atom stereocenters. The third-order valence-corrected chi connectivity index (χ3v) is 4.90. The van der Waals surface area contributed by atoms with E-state index in [2.05, 4.69) is 10.2 Å². The number of ether oxygens (including phenoxy) is 1. The zero-order chi connectivity index (χ0) is 11.7. The maximum Gasteiger partial charge on any atom is 0.0595 e. The predicted octanol–water partition coefficient (Wildman–Crippen LogP) is 1.63. The normalized spacial score (nSPS) is 35.8. The number of nitrogens with zero attached hydrogens (tertiary/aromatic N) is 1. The lowest BCUT2D eigenvalue weighted by molar-refractivity contribution is -0.00860. The fourth-order valence-corrected chi connectivity index (χ4v) is 3.32. The Bertz CT molecular complexity index is 247. The molecular formula is C14H26N2O. The van der Waals surface area contributed by atoms with E-state index in [0.29, 0.717) is 6.10 Å².